The highest BCUT2D eigenvalue weighted by atomic mass is 19.1. The number of nitrogens with two attached hydrogens (primary N) is 1. The summed E-state index contributed by atoms with van der Waals surface area (Å²) in [7, 11) is 0. The number of ether oxygens (including phenoxy) is 1. The Balaban J connectivity index is 2.11. The van der Waals surface area contributed by atoms with Crippen LogP contribution in [0.2, 0.25) is 0 Å². The SMILES string of the molecule is Cc1cc(CN)cc(OCc2ccccc2F)n1. The van der Waals surface area contributed by atoms with E-state index in [4.69, 9.17) is 10.5 Å². The maximum absolute atomic E-state index is 13.4. The lowest BCUT2D eigenvalue weighted by Crippen LogP contribution is -2.03. The molecule has 0 aliphatic carbocycles. The molecule has 18 heavy (non-hydrogen) atoms. The zero-order chi connectivity index (χ0) is 13.0. The first-order chi connectivity index (χ1) is 8.69. The molecule has 2 rings (SSSR count). The predicted octanol–water partition coefficient (Wildman–Crippen LogP) is 2.57. The molecule has 0 atom stereocenters. The molecule has 1 aromatic heterocycles. The van der Waals surface area contributed by atoms with Gasteiger partial charge in [0.2, 0.25) is 5.88 Å². The molecule has 2 aromatic rings. The average molecular weight is 246 g/mol. The number of aromatic nitrogens is 1. The maximum Gasteiger partial charge on any atom is 0.214 e. The van der Waals surface area contributed by atoms with Crippen molar-refractivity contribution < 1.29 is 9.13 Å². The van der Waals surface area contributed by atoms with E-state index < -0.39 is 0 Å². The molecule has 94 valence electrons. The molecular weight excluding hydrogens is 231 g/mol. The van der Waals surface area contributed by atoms with Gasteiger partial charge in [-0.2, -0.15) is 0 Å². The van der Waals surface area contributed by atoms with Gasteiger partial charge in [0.25, 0.3) is 0 Å². The van der Waals surface area contributed by atoms with Crippen LogP contribution in [0, 0.1) is 12.7 Å². The molecule has 1 heterocycles. The Morgan fingerprint density at radius 3 is 2.78 bits per heavy atom. The van der Waals surface area contributed by atoms with Gasteiger partial charge in [0.1, 0.15) is 12.4 Å². The van der Waals surface area contributed by atoms with Gasteiger partial charge in [-0.15, -0.1) is 0 Å². The molecule has 3 nitrogen and oxygen atoms in total. The minimum atomic E-state index is -0.274. The predicted molar refractivity (Wildman–Crippen MR) is 67.6 cm³/mol. The van der Waals surface area contributed by atoms with Crippen molar-refractivity contribution in [2.75, 3.05) is 0 Å². The van der Waals surface area contributed by atoms with E-state index in [2.05, 4.69) is 4.98 Å². The van der Waals surface area contributed by atoms with E-state index in [0.29, 0.717) is 18.0 Å². The number of aryl methyl sites for hydroxylation is 1. The molecule has 2 N–H and O–H groups in total. The van der Waals surface area contributed by atoms with Crippen molar-refractivity contribution >= 4 is 0 Å². The maximum atomic E-state index is 13.4. The lowest BCUT2D eigenvalue weighted by molar-refractivity contribution is 0.287. The topological polar surface area (TPSA) is 48.1 Å². The summed E-state index contributed by atoms with van der Waals surface area (Å²) in [5.74, 6) is 0.197. The third kappa shape index (κ3) is 3.05. The average Bonchev–Trinajstić information content (AvgIpc) is 2.37. The zero-order valence-corrected chi connectivity index (χ0v) is 10.2. The van der Waals surface area contributed by atoms with Crippen LogP contribution in [-0.4, -0.2) is 4.98 Å². The number of nitrogens with zero attached hydrogens (tertiary/aromatic N) is 1. The molecule has 4 heteroatoms. The third-order valence-corrected chi connectivity index (χ3v) is 2.56. The van der Waals surface area contributed by atoms with Crippen LogP contribution in [-0.2, 0) is 13.2 Å². The normalized spacial score (nSPS) is 10.4. The van der Waals surface area contributed by atoms with Gasteiger partial charge in [0.05, 0.1) is 0 Å². The largest absolute Gasteiger partial charge is 0.473 e. The van der Waals surface area contributed by atoms with Crippen molar-refractivity contribution in [2.45, 2.75) is 20.1 Å². The molecule has 0 aliphatic rings. The first-order valence-corrected chi connectivity index (χ1v) is 5.73. The van der Waals surface area contributed by atoms with Crippen LogP contribution in [0.4, 0.5) is 4.39 Å². The number of hydrogen-bond donors (Lipinski definition) is 1. The minimum absolute atomic E-state index is 0.160. The van der Waals surface area contributed by atoms with Gasteiger partial charge in [-0.05, 0) is 24.6 Å². The summed E-state index contributed by atoms with van der Waals surface area (Å²) in [6.45, 7) is 2.46. The second-order valence-electron chi connectivity index (χ2n) is 4.04. The van der Waals surface area contributed by atoms with Gasteiger partial charge in [-0.25, -0.2) is 9.37 Å². The molecule has 0 aliphatic heterocycles. The molecule has 0 amide bonds. The Hall–Kier alpha value is -1.94. The summed E-state index contributed by atoms with van der Waals surface area (Å²) >= 11 is 0. The number of rotatable bonds is 4. The lowest BCUT2D eigenvalue weighted by atomic mass is 10.2. The van der Waals surface area contributed by atoms with Crippen molar-refractivity contribution in [1.29, 1.82) is 0 Å². The molecule has 0 spiro atoms. The summed E-state index contributed by atoms with van der Waals surface area (Å²) in [6, 6.07) is 10.2. The number of pyridine rings is 1. The van der Waals surface area contributed by atoms with Crippen molar-refractivity contribution in [3.63, 3.8) is 0 Å². The molecular formula is C14H15FN2O. The Morgan fingerprint density at radius 1 is 1.28 bits per heavy atom. The second-order valence-corrected chi connectivity index (χ2v) is 4.04. The van der Waals surface area contributed by atoms with E-state index in [1.165, 1.54) is 6.07 Å². The Bertz CT molecular complexity index is 543. The summed E-state index contributed by atoms with van der Waals surface area (Å²) in [4.78, 5) is 4.23. The second kappa shape index (κ2) is 5.60. The fraction of sp³-hybridized carbons (Fsp3) is 0.214. The van der Waals surface area contributed by atoms with Crippen LogP contribution in [0.15, 0.2) is 36.4 Å². The van der Waals surface area contributed by atoms with E-state index in [9.17, 15) is 4.39 Å². The number of benzene rings is 1. The van der Waals surface area contributed by atoms with E-state index in [1.54, 1.807) is 24.3 Å². The lowest BCUT2D eigenvalue weighted by Gasteiger charge is -2.08. The monoisotopic (exact) mass is 246 g/mol. The highest BCUT2D eigenvalue weighted by Crippen LogP contribution is 2.15. The molecule has 0 saturated carbocycles. The van der Waals surface area contributed by atoms with Crippen molar-refractivity contribution in [1.82, 2.24) is 4.98 Å². The summed E-state index contributed by atoms with van der Waals surface area (Å²) in [6.07, 6.45) is 0. The van der Waals surface area contributed by atoms with Crippen LogP contribution in [0.5, 0.6) is 5.88 Å². The van der Waals surface area contributed by atoms with Gasteiger partial charge in [0, 0.05) is 23.9 Å². The molecule has 0 bridgehead atoms. The zero-order valence-electron chi connectivity index (χ0n) is 10.2. The summed E-state index contributed by atoms with van der Waals surface area (Å²) in [5, 5.41) is 0. The van der Waals surface area contributed by atoms with Gasteiger partial charge in [-0.3, -0.25) is 0 Å². The molecule has 0 radical (unpaired) electrons. The highest BCUT2D eigenvalue weighted by Gasteiger charge is 2.04. The highest BCUT2D eigenvalue weighted by molar-refractivity contribution is 5.25. The first kappa shape index (κ1) is 12.5. The van der Waals surface area contributed by atoms with Crippen molar-refractivity contribution in [3.05, 3.63) is 59.0 Å². The first-order valence-electron chi connectivity index (χ1n) is 5.73. The van der Waals surface area contributed by atoms with Gasteiger partial charge in [-0.1, -0.05) is 18.2 Å². The van der Waals surface area contributed by atoms with Gasteiger partial charge >= 0.3 is 0 Å². The van der Waals surface area contributed by atoms with Crippen LogP contribution >= 0.6 is 0 Å². The van der Waals surface area contributed by atoms with Crippen LogP contribution in [0.1, 0.15) is 16.8 Å². The fourth-order valence-corrected chi connectivity index (χ4v) is 1.67. The number of hydrogen-bond acceptors (Lipinski definition) is 3. The van der Waals surface area contributed by atoms with Crippen LogP contribution < -0.4 is 10.5 Å². The van der Waals surface area contributed by atoms with Gasteiger partial charge < -0.3 is 10.5 Å². The standard InChI is InChI=1S/C14H15FN2O/c1-10-6-11(8-16)7-14(17-10)18-9-12-4-2-3-5-13(12)15/h2-7H,8-9,16H2,1H3. The summed E-state index contributed by atoms with van der Waals surface area (Å²) < 4.78 is 18.9. The molecule has 0 fully saturated rings. The number of halogens is 1. The van der Waals surface area contributed by atoms with E-state index >= 15 is 0 Å². The van der Waals surface area contributed by atoms with Gasteiger partial charge in [0.15, 0.2) is 0 Å². The Labute approximate surface area is 105 Å². The Morgan fingerprint density at radius 2 is 2.06 bits per heavy atom. The molecule has 1 aromatic carbocycles. The summed E-state index contributed by atoms with van der Waals surface area (Å²) in [5.41, 5.74) is 7.87. The van der Waals surface area contributed by atoms with Crippen LogP contribution in [0.25, 0.3) is 0 Å². The molecule has 0 saturated heterocycles. The van der Waals surface area contributed by atoms with Crippen LogP contribution in [0.3, 0.4) is 0 Å². The van der Waals surface area contributed by atoms with E-state index in [1.807, 2.05) is 13.0 Å². The fourth-order valence-electron chi connectivity index (χ4n) is 1.67. The quantitative estimate of drug-likeness (QED) is 0.902. The van der Waals surface area contributed by atoms with E-state index in [-0.39, 0.29) is 12.4 Å². The Kier molecular flexibility index (Phi) is 3.89. The molecule has 0 unspecified atom stereocenters. The third-order valence-electron chi connectivity index (χ3n) is 2.56. The van der Waals surface area contributed by atoms with E-state index in [0.717, 1.165) is 11.3 Å². The van der Waals surface area contributed by atoms with Crippen molar-refractivity contribution in [2.24, 2.45) is 5.73 Å². The van der Waals surface area contributed by atoms with Crippen molar-refractivity contribution in [3.8, 4) is 5.88 Å². The minimum Gasteiger partial charge on any atom is -0.473 e. The smallest absolute Gasteiger partial charge is 0.214 e.